The fourth-order valence-corrected chi connectivity index (χ4v) is 1.56. The predicted molar refractivity (Wildman–Crippen MR) is 73.9 cm³/mol. The Morgan fingerprint density at radius 2 is 1.83 bits per heavy atom. The maximum atomic E-state index is 12.1. The van der Waals surface area contributed by atoms with Gasteiger partial charge in [0.25, 0.3) is 0 Å². The summed E-state index contributed by atoms with van der Waals surface area (Å²) in [6.45, 7) is 6.71. The zero-order chi connectivity index (χ0) is 13.8. The summed E-state index contributed by atoms with van der Waals surface area (Å²) in [4.78, 5) is 13.8. The van der Waals surface area contributed by atoms with Crippen LogP contribution < -0.4 is 15.4 Å². The minimum absolute atomic E-state index is 0.0816. The number of carbonyl (C=O) groups is 1. The van der Waals surface area contributed by atoms with Crippen molar-refractivity contribution in [2.24, 2.45) is 11.1 Å². The van der Waals surface area contributed by atoms with Crippen LogP contribution in [0, 0.1) is 5.41 Å². The number of nitrogens with two attached hydrogens (primary N) is 1. The molecule has 0 saturated heterocycles. The monoisotopic (exact) mass is 250 g/mol. The van der Waals surface area contributed by atoms with Crippen molar-refractivity contribution in [1.29, 1.82) is 0 Å². The van der Waals surface area contributed by atoms with Crippen molar-refractivity contribution in [3.05, 3.63) is 24.3 Å². The molecule has 0 spiro atoms. The van der Waals surface area contributed by atoms with Gasteiger partial charge in [-0.3, -0.25) is 4.79 Å². The first-order valence-corrected chi connectivity index (χ1v) is 6.07. The van der Waals surface area contributed by atoms with Crippen molar-refractivity contribution in [3.63, 3.8) is 0 Å². The lowest BCUT2D eigenvalue weighted by atomic mass is 9.95. The largest absolute Gasteiger partial charge is 0.492 e. The van der Waals surface area contributed by atoms with E-state index in [0.29, 0.717) is 13.2 Å². The summed E-state index contributed by atoms with van der Waals surface area (Å²) < 4.78 is 5.39. The van der Waals surface area contributed by atoms with Crippen LogP contribution >= 0.6 is 0 Å². The van der Waals surface area contributed by atoms with Gasteiger partial charge in [0.2, 0.25) is 5.91 Å². The van der Waals surface area contributed by atoms with E-state index < -0.39 is 0 Å². The van der Waals surface area contributed by atoms with Crippen molar-refractivity contribution in [1.82, 2.24) is 0 Å². The van der Waals surface area contributed by atoms with Crippen molar-refractivity contribution in [2.45, 2.75) is 20.8 Å². The number of hydrogen-bond donors (Lipinski definition) is 1. The van der Waals surface area contributed by atoms with Gasteiger partial charge in [0, 0.05) is 24.7 Å². The summed E-state index contributed by atoms with van der Waals surface area (Å²) in [7, 11) is 1.78. The molecule has 4 heteroatoms. The van der Waals surface area contributed by atoms with Crippen LogP contribution in [-0.2, 0) is 4.79 Å². The molecule has 0 aliphatic heterocycles. The van der Waals surface area contributed by atoms with Crippen LogP contribution in [0.5, 0.6) is 5.75 Å². The molecule has 0 bridgehead atoms. The first kappa shape index (κ1) is 14.5. The Bertz CT molecular complexity index is 393. The molecule has 0 aliphatic rings. The van der Waals surface area contributed by atoms with Gasteiger partial charge in [-0.05, 0) is 24.3 Å². The van der Waals surface area contributed by atoms with Crippen LogP contribution in [0.25, 0.3) is 0 Å². The number of ether oxygens (including phenoxy) is 1. The fourth-order valence-electron chi connectivity index (χ4n) is 1.56. The summed E-state index contributed by atoms with van der Waals surface area (Å²) in [6, 6.07) is 7.43. The van der Waals surface area contributed by atoms with Gasteiger partial charge in [0.1, 0.15) is 12.4 Å². The molecule has 18 heavy (non-hydrogen) atoms. The Kier molecular flexibility index (Phi) is 4.73. The van der Waals surface area contributed by atoms with E-state index in [-0.39, 0.29) is 11.3 Å². The molecule has 4 nitrogen and oxygen atoms in total. The van der Waals surface area contributed by atoms with E-state index in [4.69, 9.17) is 10.5 Å². The first-order valence-electron chi connectivity index (χ1n) is 6.07. The second kappa shape index (κ2) is 5.87. The first-order chi connectivity index (χ1) is 8.36. The van der Waals surface area contributed by atoms with Gasteiger partial charge < -0.3 is 15.4 Å². The van der Waals surface area contributed by atoms with E-state index in [1.165, 1.54) is 0 Å². The normalized spacial score (nSPS) is 11.2. The van der Waals surface area contributed by atoms with E-state index in [2.05, 4.69) is 0 Å². The number of amides is 1. The zero-order valence-corrected chi connectivity index (χ0v) is 11.6. The third kappa shape index (κ3) is 3.74. The number of nitrogens with zero attached hydrogens (tertiary/aromatic N) is 1. The molecule has 1 rings (SSSR count). The number of anilines is 1. The van der Waals surface area contributed by atoms with Gasteiger partial charge in [-0.15, -0.1) is 0 Å². The standard InChI is InChI=1S/C14H22N2O2/c1-14(2,3)13(17)16(4)11-5-7-12(8-6-11)18-10-9-15/h5-8H,9-10,15H2,1-4H3. The van der Waals surface area contributed by atoms with Gasteiger partial charge in [-0.1, -0.05) is 20.8 Å². The summed E-state index contributed by atoms with van der Waals surface area (Å²) >= 11 is 0. The van der Waals surface area contributed by atoms with Gasteiger partial charge in [0.15, 0.2) is 0 Å². The molecule has 0 radical (unpaired) electrons. The number of hydrogen-bond acceptors (Lipinski definition) is 3. The highest BCUT2D eigenvalue weighted by molar-refractivity contribution is 5.96. The van der Waals surface area contributed by atoms with Crippen molar-refractivity contribution in [3.8, 4) is 5.75 Å². The number of rotatable bonds is 4. The highest BCUT2D eigenvalue weighted by atomic mass is 16.5. The summed E-state index contributed by atoms with van der Waals surface area (Å²) in [5.74, 6) is 0.846. The maximum Gasteiger partial charge on any atom is 0.232 e. The Morgan fingerprint density at radius 1 is 1.28 bits per heavy atom. The van der Waals surface area contributed by atoms with Crippen LogP contribution in [0.15, 0.2) is 24.3 Å². The average Bonchev–Trinajstić information content (AvgIpc) is 2.34. The summed E-state index contributed by atoms with van der Waals surface area (Å²) in [5.41, 5.74) is 5.84. The smallest absolute Gasteiger partial charge is 0.232 e. The van der Waals surface area contributed by atoms with Gasteiger partial charge in [0.05, 0.1) is 0 Å². The molecule has 1 aromatic carbocycles. The Hall–Kier alpha value is -1.55. The highest BCUT2D eigenvalue weighted by Gasteiger charge is 2.25. The molecule has 1 amide bonds. The Balaban J connectivity index is 2.76. The lowest BCUT2D eigenvalue weighted by Crippen LogP contribution is -2.36. The lowest BCUT2D eigenvalue weighted by Gasteiger charge is -2.26. The average molecular weight is 250 g/mol. The molecule has 0 unspecified atom stereocenters. The van der Waals surface area contributed by atoms with Gasteiger partial charge in [-0.2, -0.15) is 0 Å². The molecule has 0 atom stereocenters. The summed E-state index contributed by atoms with van der Waals surface area (Å²) in [5, 5.41) is 0. The van der Waals surface area contributed by atoms with Crippen molar-refractivity contribution >= 4 is 11.6 Å². The van der Waals surface area contributed by atoms with E-state index in [1.807, 2.05) is 45.0 Å². The third-order valence-electron chi connectivity index (χ3n) is 2.56. The predicted octanol–water partition coefficient (Wildman–Crippen LogP) is 2.03. The second-order valence-corrected chi connectivity index (χ2v) is 5.25. The van der Waals surface area contributed by atoms with Crippen LogP contribution in [0.2, 0.25) is 0 Å². The molecule has 2 N–H and O–H groups in total. The van der Waals surface area contributed by atoms with E-state index in [9.17, 15) is 4.79 Å². The molecule has 0 heterocycles. The van der Waals surface area contributed by atoms with E-state index in [1.54, 1.807) is 11.9 Å². The van der Waals surface area contributed by atoms with Crippen molar-refractivity contribution < 1.29 is 9.53 Å². The van der Waals surface area contributed by atoms with Gasteiger partial charge in [-0.25, -0.2) is 0 Å². The van der Waals surface area contributed by atoms with Crippen LogP contribution in [-0.4, -0.2) is 26.1 Å². The minimum Gasteiger partial charge on any atom is -0.492 e. The number of carbonyl (C=O) groups excluding carboxylic acids is 1. The quantitative estimate of drug-likeness (QED) is 0.889. The van der Waals surface area contributed by atoms with E-state index >= 15 is 0 Å². The minimum atomic E-state index is -0.385. The van der Waals surface area contributed by atoms with Crippen LogP contribution in [0.4, 0.5) is 5.69 Å². The molecular weight excluding hydrogens is 228 g/mol. The molecule has 0 fully saturated rings. The molecular formula is C14H22N2O2. The van der Waals surface area contributed by atoms with E-state index in [0.717, 1.165) is 11.4 Å². The third-order valence-corrected chi connectivity index (χ3v) is 2.56. The zero-order valence-electron chi connectivity index (χ0n) is 11.6. The molecule has 0 saturated carbocycles. The lowest BCUT2D eigenvalue weighted by molar-refractivity contribution is -0.125. The number of benzene rings is 1. The summed E-state index contributed by atoms with van der Waals surface area (Å²) in [6.07, 6.45) is 0. The van der Waals surface area contributed by atoms with Crippen LogP contribution in [0.3, 0.4) is 0 Å². The molecule has 100 valence electrons. The highest BCUT2D eigenvalue weighted by Crippen LogP contribution is 2.23. The molecule has 1 aromatic rings. The Morgan fingerprint density at radius 3 is 2.28 bits per heavy atom. The van der Waals surface area contributed by atoms with Gasteiger partial charge >= 0.3 is 0 Å². The SMILES string of the molecule is CN(C(=O)C(C)(C)C)c1ccc(OCCN)cc1. The molecule has 0 aromatic heterocycles. The Labute approximate surface area is 109 Å². The van der Waals surface area contributed by atoms with Crippen molar-refractivity contribution in [2.75, 3.05) is 25.1 Å². The maximum absolute atomic E-state index is 12.1. The molecule has 0 aliphatic carbocycles. The van der Waals surface area contributed by atoms with Crippen LogP contribution in [0.1, 0.15) is 20.8 Å². The topological polar surface area (TPSA) is 55.6 Å². The second-order valence-electron chi connectivity index (χ2n) is 5.25. The fraction of sp³-hybridized carbons (Fsp3) is 0.500.